The van der Waals surface area contributed by atoms with Crippen molar-refractivity contribution < 1.29 is 14.3 Å². The topological polar surface area (TPSA) is 69.6 Å². The third-order valence-corrected chi connectivity index (χ3v) is 5.15. The van der Waals surface area contributed by atoms with E-state index >= 15 is 0 Å². The average Bonchev–Trinajstić information content (AvgIpc) is 3.01. The van der Waals surface area contributed by atoms with Crippen molar-refractivity contribution >= 4 is 39.2 Å². The maximum absolute atomic E-state index is 12.3. The van der Waals surface area contributed by atoms with Crippen molar-refractivity contribution in [1.29, 1.82) is 0 Å². The molecule has 0 saturated carbocycles. The van der Waals surface area contributed by atoms with E-state index in [1.165, 1.54) is 17.4 Å². The number of rotatable bonds is 6. The summed E-state index contributed by atoms with van der Waals surface area (Å²) in [5.41, 5.74) is 2.34. The second kappa shape index (κ2) is 8.31. The summed E-state index contributed by atoms with van der Waals surface area (Å²) in [5, 5.41) is 2.83. The Bertz CT molecular complexity index is 1100. The monoisotopic (exact) mass is 398 g/mol. The average molecular weight is 398 g/mol. The molecule has 0 aliphatic heterocycles. The number of aromatic nitrogens is 1. The molecule has 1 aromatic heterocycles. The molecule has 1 N–H and O–H groups in total. The van der Waals surface area contributed by atoms with Crippen LogP contribution >= 0.6 is 11.3 Å². The lowest BCUT2D eigenvalue weighted by molar-refractivity contribution is -0.111. The van der Waals surface area contributed by atoms with Gasteiger partial charge in [0.25, 0.3) is 0 Å². The fourth-order valence-electron chi connectivity index (χ4n) is 2.92. The Labute approximate surface area is 167 Å². The molecular weight excluding hydrogens is 376 g/mol. The Morgan fingerprint density at radius 3 is 2.54 bits per heavy atom. The van der Waals surface area contributed by atoms with E-state index in [0.717, 1.165) is 15.8 Å². The van der Waals surface area contributed by atoms with Crippen LogP contribution in [0.15, 0.2) is 47.3 Å². The second-order valence-electron chi connectivity index (χ2n) is 6.45. The lowest BCUT2D eigenvalue weighted by atomic mass is 10.2. The molecule has 3 rings (SSSR count). The summed E-state index contributed by atoms with van der Waals surface area (Å²) < 4.78 is 13.1. The van der Waals surface area contributed by atoms with Crippen LogP contribution in [0.2, 0.25) is 0 Å². The SMILES string of the molecule is COc1ccc(/C=C/C(=O)Nc2ccc3c(c2)sc(=O)n3C(C)C)cc1OC. The summed E-state index contributed by atoms with van der Waals surface area (Å²) in [5.74, 6) is 0.967. The zero-order chi connectivity index (χ0) is 20.3. The molecule has 0 unspecified atom stereocenters. The van der Waals surface area contributed by atoms with Gasteiger partial charge in [-0.3, -0.25) is 14.2 Å². The van der Waals surface area contributed by atoms with Crippen molar-refractivity contribution in [3.63, 3.8) is 0 Å². The van der Waals surface area contributed by atoms with E-state index in [4.69, 9.17) is 9.47 Å². The van der Waals surface area contributed by atoms with E-state index in [2.05, 4.69) is 5.32 Å². The van der Waals surface area contributed by atoms with Crippen molar-refractivity contribution in [3.05, 3.63) is 57.7 Å². The molecule has 7 heteroatoms. The van der Waals surface area contributed by atoms with Gasteiger partial charge in [-0.2, -0.15) is 0 Å². The highest BCUT2D eigenvalue weighted by atomic mass is 32.1. The van der Waals surface area contributed by atoms with E-state index < -0.39 is 0 Å². The Hall–Kier alpha value is -3.06. The third kappa shape index (κ3) is 4.09. The number of nitrogens with zero attached hydrogens (tertiary/aromatic N) is 1. The molecule has 0 spiro atoms. The summed E-state index contributed by atoms with van der Waals surface area (Å²) in [6.07, 6.45) is 3.15. The third-order valence-electron chi connectivity index (χ3n) is 4.23. The summed E-state index contributed by atoms with van der Waals surface area (Å²) in [6, 6.07) is 11.0. The van der Waals surface area contributed by atoms with Crippen LogP contribution < -0.4 is 19.7 Å². The highest BCUT2D eigenvalue weighted by molar-refractivity contribution is 7.16. The van der Waals surface area contributed by atoms with Gasteiger partial charge in [-0.05, 0) is 55.8 Å². The van der Waals surface area contributed by atoms with Crippen molar-refractivity contribution in [2.45, 2.75) is 19.9 Å². The van der Waals surface area contributed by atoms with Gasteiger partial charge in [-0.1, -0.05) is 17.4 Å². The van der Waals surface area contributed by atoms with Crippen molar-refractivity contribution in [3.8, 4) is 11.5 Å². The van der Waals surface area contributed by atoms with E-state index in [9.17, 15) is 9.59 Å². The largest absolute Gasteiger partial charge is 0.493 e. The first-order chi connectivity index (χ1) is 13.4. The summed E-state index contributed by atoms with van der Waals surface area (Å²) in [6.45, 7) is 3.95. The van der Waals surface area contributed by atoms with Gasteiger partial charge >= 0.3 is 4.87 Å². The quantitative estimate of drug-likeness (QED) is 0.628. The zero-order valence-electron chi connectivity index (χ0n) is 16.2. The van der Waals surface area contributed by atoms with E-state index in [1.807, 2.05) is 32.0 Å². The number of ether oxygens (including phenoxy) is 2. The number of thiazole rings is 1. The fourth-order valence-corrected chi connectivity index (χ4v) is 3.97. The molecule has 0 aliphatic rings. The molecule has 6 nitrogen and oxygen atoms in total. The number of carbonyl (C=O) groups is 1. The molecule has 0 radical (unpaired) electrons. The van der Waals surface area contributed by atoms with Crippen molar-refractivity contribution in [1.82, 2.24) is 4.57 Å². The van der Waals surface area contributed by atoms with Crippen LogP contribution in [0.5, 0.6) is 11.5 Å². The van der Waals surface area contributed by atoms with Crippen LogP contribution in [0.1, 0.15) is 25.5 Å². The molecule has 0 aliphatic carbocycles. The Kier molecular flexibility index (Phi) is 5.84. The minimum atomic E-state index is -0.259. The molecular formula is C21H22N2O4S. The molecule has 0 atom stereocenters. The van der Waals surface area contributed by atoms with Crippen LogP contribution in [0.3, 0.4) is 0 Å². The normalized spacial score (nSPS) is 11.3. The van der Waals surface area contributed by atoms with Crippen LogP contribution in [0, 0.1) is 0 Å². The van der Waals surface area contributed by atoms with Gasteiger partial charge in [0, 0.05) is 17.8 Å². The summed E-state index contributed by atoms with van der Waals surface area (Å²) >= 11 is 1.18. The van der Waals surface area contributed by atoms with Gasteiger partial charge in [0.15, 0.2) is 11.5 Å². The van der Waals surface area contributed by atoms with E-state index in [-0.39, 0.29) is 16.8 Å². The first-order valence-electron chi connectivity index (χ1n) is 8.79. The summed E-state index contributed by atoms with van der Waals surface area (Å²) in [7, 11) is 3.14. The maximum atomic E-state index is 12.3. The predicted molar refractivity (Wildman–Crippen MR) is 114 cm³/mol. The number of hydrogen-bond donors (Lipinski definition) is 1. The zero-order valence-corrected chi connectivity index (χ0v) is 17.0. The van der Waals surface area contributed by atoms with E-state index in [0.29, 0.717) is 17.2 Å². The highest BCUT2D eigenvalue weighted by Crippen LogP contribution is 2.28. The number of carbonyl (C=O) groups excluding carboxylic acids is 1. The number of anilines is 1. The first-order valence-corrected chi connectivity index (χ1v) is 9.60. The number of benzene rings is 2. The Morgan fingerprint density at radius 1 is 1.11 bits per heavy atom. The van der Waals surface area contributed by atoms with Crippen LogP contribution in [-0.2, 0) is 4.79 Å². The van der Waals surface area contributed by atoms with Gasteiger partial charge < -0.3 is 14.8 Å². The predicted octanol–water partition coefficient (Wildman–Crippen LogP) is 4.31. The van der Waals surface area contributed by atoms with Gasteiger partial charge in [0.05, 0.1) is 24.4 Å². The van der Waals surface area contributed by atoms with Crippen LogP contribution in [0.25, 0.3) is 16.3 Å². The fraction of sp³-hybridized carbons (Fsp3) is 0.238. The highest BCUT2D eigenvalue weighted by Gasteiger charge is 2.11. The molecule has 146 valence electrons. The first kappa shape index (κ1) is 19.7. The second-order valence-corrected chi connectivity index (χ2v) is 7.44. The van der Waals surface area contributed by atoms with Gasteiger partial charge in [-0.15, -0.1) is 0 Å². The Balaban J connectivity index is 1.76. The molecule has 0 saturated heterocycles. The van der Waals surface area contributed by atoms with Crippen LogP contribution in [0.4, 0.5) is 5.69 Å². The van der Waals surface area contributed by atoms with E-state index in [1.54, 1.807) is 43.1 Å². The number of amides is 1. The van der Waals surface area contributed by atoms with Crippen molar-refractivity contribution in [2.75, 3.05) is 19.5 Å². The smallest absolute Gasteiger partial charge is 0.308 e. The molecule has 1 amide bonds. The molecule has 1 heterocycles. The lowest BCUT2D eigenvalue weighted by Gasteiger charge is -2.08. The molecule has 28 heavy (non-hydrogen) atoms. The summed E-state index contributed by atoms with van der Waals surface area (Å²) in [4.78, 5) is 24.4. The number of nitrogens with one attached hydrogen (secondary N) is 1. The Morgan fingerprint density at radius 2 is 1.86 bits per heavy atom. The minimum Gasteiger partial charge on any atom is -0.493 e. The van der Waals surface area contributed by atoms with Crippen molar-refractivity contribution in [2.24, 2.45) is 0 Å². The number of methoxy groups -OCH3 is 2. The van der Waals surface area contributed by atoms with Gasteiger partial charge in [-0.25, -0.2) is 0 Å². The number of fused-ring (bicyclic) bond motifs is 1. The number of hydrogen-bond acceptors (Lipinski definition) is 5. The minimum absolute atomic E-state index is 0.00169. The lowest BCUT2D eigenvalue weighted by Crippen LogP contribution is -2.14. The molecule has 0 bridgehead atoms. The van der Waals surface area contributed by atoms with Gasteiger partial charge in [0.2, 0.25) is 5.91 Å². The standard InChI is InChI=1S/C21H22N2O4S/c1-13(2)23-16-8-7-15(12-19(16)28-21(23)25)22-20(24)10-6-14-5-9-17(26-3)18(11-14)27-4/h5-13H,1-4H3,(H,22,24)/b10-6+. The van der Waals surface area contributed by atoms with Crippen LogP contribution in [-0.4, -0.2) is 24.7 Å². The molecule has 0 fully saturated rings. The van der Waals surface area contributed by atoms with Gasteiger partial charge in [0.1, 0.15) is 0 Å². The molecule has 2 aromatic carbocycles. The maximum Gasteiger partial charge on any atom is 0.308 e. The molecule has 3 aromatic rings.